The lowest BCUT2D eigenvalue weighted by molar-refractivity contribution is 0.124. The van der Waals surface area contributed by atoms with E-state index in [0.29, 0.717) is 5.88 Å². The molecule has 19 heavy (non-hydrogen) atoms. The van der Waals surface area contributed by atoms with Gasteiger partial charge in [-0.2, -0.15) is 0 Å². The number of hydrogen-bond acceptors (Lipinski definition) is 3. The minimum atomic E-state index is -0.229. The van der Waals surface area contributed by atoms with Crippen molar-refractivity contribution in [1.29, 1.82) is 0 Å². The molecule has 0 amide bonds. The summed E-state index contributed by atoms with van der Waals surface area (Å²) in [6.07, 6.45) is -0.229. The van der Waals surface area contributed by atoms with E-state index >= 15 is 0 Å². The maximum Gasteiger partial charge on any atom is 0.167 e. The molecule has 0 saturated carbocycles. The van der Waals surface area contributed by atoms with Gasteiger partial charge in [0.25, 0.3) is 0 Å². The van der Waals surface area contributed by atoms with Crippen molar-refractivity contribution >= 4 is 11.6 Å². The molecule has 0 fully saturated rings. The zero-order valence-corrected chi connectivity index (χ0v) is 12.1. The van der Waals surface area contributed by atoms with Gasteiger partial charge >= 0.3 is 0 Å². The molecular weight excluding hydrogens is 262 g/mol. The van der Waals surface area contributed by atoms with Crippen molar-refractivity contribution in [2.24, 2.45) is 0 Å². The number of hydrogen-bond donors (Lipinski definition) is 0. The third kappa shape index (κ3) is 2.80. The number of methoxy groups -OCH3 is 1. The second-order valence-electron chi connectivity index (χ2n) is 4.60. The molecule has 0 aliphatic carbocycles. The van der Waals surface area contributed by atoms with Gasteiger partial charge in [0.15, 0.2) is 5.82 Å². The van der Waals surface area contributed by atoms with E-state index < -0.39 is 0 Å². The molecule has 2 rings (SSSR count). The van der Waals surface area contributed by atoms with Gasteiger partial charge in [-0.1, -0.05) is 30.3 Å². The summed E-state index contributed by atoms with van der Waals surface area (Å²) in [6, 6.07) is 10.2. The van der Waals surface area contributed by atoms with E-state index in [1.165, 1.54) is 0 Å². The van der Waals surface area contributed by atoms with Gasteiger partial charge in [-0.25, -0.2) is 0 Å². The SMILES string of the molecule is COC(c1ccccc1)c1nnc(CCl)n1C(C)C. The van der Waals surface area contributed by atoms with Crippen molar-refractivity contribution in [2.75, 3.05) is 7.11 Å². The number of nitrogens with zero attached hydrogens (tertiary/aromatic N) is 3. The Balaban J connectivity index is 2.47. The van der Waals surface area contributed by atoms with Crippen LogP contribution in [0, 0.1) is 0 Å². The van der Waals surface area contributed by atoms with Crippen molar-refractivity contribution in [3.05, 3.63) is 47.5 Å². The van der Waals surface area contributed by atoms with Crippen LogP contribution in [0.2, 0.25) is 0 Å². The molecule has 0 N–H and O–H groups in total. The Hall–Kier alpha value is -1.39. The maximum absolute atomic E-state index is 5.92. The summed E-state index contributed by atoms with van der Waals surface area (Å²) < 4.78 is 7.64. The summed E-state index contributed by atoms with van der Waals surface area (Å²) >= 11 is 5.92. The number of alkyl halides is 1. The highest BCUT2D eigenvalue weighted by atomic mass is 35.5. The molecule has 102 valence electrons. The van der Waals surface area contributed by atoms with Gasteiger partial charge in [0, 0.05) is 13.2 Å². The monoisotopic (exact) mass is 279 g/mol. The first-order chi connectivity index (χ1) is 9.19. The third-order valence-corrected chi connectivity index (χ3v) is 3.24. The van der Waals surface area contributed by atoms with Crippen molar-refractivity contribution in [3.8, 4) is 0 Å². The molecule has 1 heterocycles. The first kappa shape index (κ1) is 14.0. The maximum atomic E-state index is 5.92. The van der Waals surface area contributed by atoms with Crippen molar-refractivity contribution in [3.63, 3.8) is 0 Å². The number of aromatic nitrogens is 3. The highest BCUT2D eigenvalue weighted by molar-refractivity contribution is 6.16. The Labute approximate surface area is 118 Å². The van der Waals surface area contributed by atoms with E-state index in [1.807, 2.05) is 34.9 Å². The van der Waals surface area contributed by atoms with Crippen LogP contribution in [0.25, 0.3) is 0 Å². The lowest BCUT2D eigenvalue weighted by atomic mass is 10.1. The second-order valence-corrected chi connectivity index (χ2v) is 4.87. The van der Waals surface area contributed by atoms with E-state index in [0.717, 1.165) is 17.2 Å². The van der Waals surface area contributed by atoms with Gasteiger partial charge in [-0.3, -0.25) is 0 Å². The normalized spacial score (nSPS) is 12.9. The van der Waals surface area contributed by atoms with Gasteiger partial charge in [-0.05, 0) is 19.4 Å². The Morgan fingerprint density at radius 1 is 1.21 bits per heavy atom. The molecule has 5 heteroatoms. The number of halogens is 1. The van der Waals surface area contributed by atoms with E-state index in [-0.39, 0.29) is 12.1 Å². The Bertz CT molecular complexity index is 525. The molecule has 1 atom stereocenters. The minimum absolute atomic E-state index is 0.229. The number of rotatable bonds is 5. The lowest BCUT2D eigenvalue weighted by Crippen LogP contribution is -2.15. The van der Waals surface area contributed by atoms with Crippen LogP contribution < -0.4 is 0 Å². The highest BCUT2D eigenvalue weighted by Crippen LogP contribution is 2.27. The summed E-state index contributed by atoms with van der Waals surface area (Å²) in [5.74, 6) is 1.90. The van der Waals surface area contributed by atoms with Crippen LogP contribution in [0.1, 0.15) is 43.2 Å². The summed E-state index contributed by atoms with van der Waals surface area (Å²) in [4.78, 5) is 0. The topological polar surface area (TPSA) is 39.9 Å². The molecule has 0 saturated heterocycles. The van der Waals surface area contributed by atoms with E-state index in [9.17, 15) is 0 Å². The molecule has 0 radical (unpaired) electrons. The lowest BCUT2D eigenvalue weighted by Gasteiger charge is -2.19. The van der Waals surface area contributed by atoms with Crippen molar-refractivity contribution < 1.29 is 4.74 Å². The smallest absolute Gasteiger partial charge is 0.167 e. The summed E-state index contributed by atoms with van der Waals surface area (Å²) in [6.45, 7) is 4.17. The average Bonchev–Trinajstić information content (AvgIpc) is 2.85. The molecule has 0 bridgehead atoms. The zero-order chi connectivity index (χ0) is 13.8. The number of benzene rings is 1. The van der Waals surface area contributed by atoms with E-state index in [2.05, 4.69) is 24.0 Å². The summed E-state index contributed by atoms with van der Waals surface area (Å²) in [7, 11) is 1.68. The summed E-state index contributed by atoms with van der Waals surface area (Å²) in [5, 5.41) is 8.41. The van der Waals surface area contributed by atoms with Gasteiger partial charge in [0.2, 0.25) is 0 Å². The fourth-order valence-corrected chi connectivity index (χ4v) is 2.37. The zero-order valence-electron chi connectivity index (χ0n) is 11.4. The fraction of sp³-hybridized carbons (Fsp3) is 0.429. The van der Waals surface area contributed by atoms with Crippen LogP contribution >= 0.6 is 11.6 Å². The molecule has 2 aromatic rings. The fourth-order valence-electron chi connectivity index (χ4n) is 2.19. The van der Waals surface area contributed by atoms with Crippen LogP contribution in [0.4, 0.5) is 0 Å². The molecular formula is C14H18ClN3O. The quantitative estimate of drug-likeness (QED) is 0.788. The van der Waals surface area contributed by atoms with E-state index in [4.69, 9.17) is 16.3 Å². The average molecular weight is 280 g/mol. The molecule has 0 spiro atoms. The molecule has 1 aromatic carbocycles. The Morgan fingerprint density at radius 2 is 1.89 bits per heavy atom. The largest absolute Gasteiger partial charge is 0.369 e. The van der Waals surface area contributed by atoms with Gasteiger partial charge < -0.3 is 9.30 Å². The first-order valence-corrected chi connectivity index (χ1v) is 6.79. The predicted octanol–water partition coefficient (Wildman–Crippen LogP) is 3.33. The summed E-state index contributed by atoms with van der Waals surface area (Å²) in [5.41, 5.74) is 1.06. The van der Waals surface area contributed by atoms with Crippen LogP contribution in [-0.4, -0.2) is 21.9 Å². The van der Waals surface area contributed by atoms with Crippen molar-refractivity contribution in [2.45, 2.75) is 31.9 Å². The minimum Gasteiger partial charge on any atom is -0.369 e. The Morgan fingerprint density at radius 3 is 2.42 bits per heavy atom. The molecule has 4 nitrogen and oxygen atoms in total. The highest BCUT2D eigenvalue weighted by Gasteiger charge is 2.23. The Kier molecular flexibility index (Phi) is 4.56. The second kappa shape index (κ2) is 6.17. The van der Waals surface area contributed by atoms with Crippen molar-refractivity contribution in [1.82, 2.24) is 14.8 Å². The molecule has 1 unspecified atom stereocenters. The number of ether oxygens (including phenoxy) is 1. The third-order valence-electron chi connectivity index (χ3n) is 3.00. The standard InChI is InChI=1S/C14H18ClN3O/c1-10(2)18-12(9-15)16-17-14(18)13(19-3)11-7-5-4-6-8-11/h4-8,10,13H,9H2,1-3H3. The van der Waals surface area contributed by atoms with Gasteiger partial charge in [-0.15, -0.1) is 21.8 Å². The van der Waals surface area contributed by atoms with Gasteiger partial charge in [0.1, 0.15) is 11.9 Å². The van der Waals surface area contributed by atoms with E-state index in [1.54, 1.807) is 7.11 Å². The van der Waals surface area contributed by atoms with Crippen LogP contribution in [0.15, 0.2) is 30.3 Å². The first-order valence-electron chi connectivity index (χ1n) is 6.26. The molecule has 1 aromatic heterocycles. The predicted molar refractivity (Wildman–Crippen MR) is 75.3 cm³/mol. The molecule has 0 aliphatic rings. The van der Waals surface area contributed by atoms with Crippen LogP contribution in [-0.2, 0) is 10.6 Å². The van der Waals surface area contributed by atoms with Gasteiger partial charge in [0.05, 0.1) is 5.88 Å². The van der Waals surface area contributed by atoms with Crippen LogP contribution in [0.5, 0.6) is 0 Å². The van der Waals surface area contributed by atoms with Crippen LogP contribution in [0.3, 0.4) is 0 Å². The molecule has 0 aliphatic heterocycles.